The second-order valence-corrected chi connectivity index (χ2v) is 7.37. The first-order valence-electron chi connectivity index (χ1n) is 9.76. The van der Waals surface area contributed by atoms with Gasteiger partial charge < -0.3 is 10.1 Å². The summed E-state index contributed by atoms with van der Waals surface area (Å²) >= 11 is 0. The van der Waals surface area contributed by atoms with E-state index in [1.807, 2.05) is 13.0 Å². The van der Waals surface area contributed by atoms with E-state index in [9.17, 15) is 19.2 Å². The summed E-state index contributed by atoms with van der Waals surface area (Å²) in [6.45, 7) is 3.32. The molecule has 154 valence electrons. The maximum atomic E-state index is 12.8. The lowest BCUT2D eigenvalue weighted by Crippen LogP contribution is -2.30. The van der Waals surface area contributed by atoms with Crippen LogP contribution in [0.1, 0.15) is 54.7 Å². The van der Waals surface area contributed by atoms with Gasteiger partial charge in [0.15, 0.2) is 17.7 Å². The van der Waals surface area contributed by atoms with E-state index in [0.717, 1.165) is 5.56 Å². The van der Waals surface area contributed by atoms with Crippen molar-refractivity contribution in [2.45, 2.75) is 20.0 Å². The molecule has 0 spiro atoms. The highest BCUT2D eigenvalue weighted by atomic mass is 16.5. The zero-order valence-corrected chi connectivity index (χ0v) is 17.0. The van der Waals surface area contributed by atoms with Gasteiger partial charge in [0, 0.05) is 27.9 Å². The Hall–Kier alpha value is -4.06. The SMILES string of the molecule is Cc1cccc(C(=O)O[C@H](C)C(=O)Nc2ccc3c(c2)C(=O)c2ccccc2C3=O)c1. The van der Waals surface area contributed by atoms with E-state index in [1.165, 1.54) is 19.1 Å². The summed E-state index contributed by atoms with van der Waals surface area (Å²) in [4.78, 5) is 50.3. The molecule has 4 rings (SSSR count). The Kier molecular flexibility index (Phi) is 5.21. The van der Waals surface area contributed by atoms with Crippen LogP contribution in [0.15, 0.2) is 66.7 Å². The first-order chi connectivity index (χ1) is 14.8. The molecule has 31 heavy (non-hydrogen) atoms. The van der Waals surface area contributed by atoms with Gasteiger partial charge in [0.1, 0.15) is 0 Å². The monoisotopic (exact) mass is 413 g/mol. The Labute approximate surface area is 178 Å². The number of esters is 1. The predicted octanol–water partition coefficient (Wildman–Crippen LogP) is 3.95. The fourth-order valence-electron chi connectivity index (χ4n) is 3.48. The molecule has 0 saturated carbocycles. The molecule has 3 aromatic carbocycles. The Morgan fingerprint density at radius 3 is 2.13 bits per heavy atom. The van der Waals surface area contributed by atoms with Gasteiger partial charge in [-0.2, -0.15) is 0 Å². The molecule has 0 aliphatic heterocycles. The lowest BCUT2D eigenvalue weighted by atomic mass is 9.84. The molecular weight excluding hydrogens is 394 g/mol. The standard InChI is InChI=1S/C25H19NO5/c1-14-6-5-7-16(12-14)25(30)31-15(2)24(29)26-17-10-11-20-21(13-17)23(28)19-9-4-3-8-18(19)22(20)27/h3-13,15H,1-2H3,(H,26,29)/t15-/m1/s1. The molecule has 0 fully saturated rings. The van der Waals surface area contributed by atoms with E-state index in [0.29, 0.717) is 27.9 Å². The number of ketones is 2. The summed E-state index contributed by atoms with van der Waals surface area (Å²) in [6.07, 6.45) is -1.05. The molecule has 0 saturated heterocycles. The zero-order valence-electron chi connectivity index (χ0n) is 17.0. The fourth-order valence-corrected chi connectivity index (χ4v) is 3.48. The smallest absolute Gasteiger partial charge is 0.338 e. The van der Waals surface area contributed by atoms with Crippen molar-refractivity contribution < 1.29 is 23.9 Å². The van der Waals surface area contributed by atoms with E-state index in [2.05, 4.69) is 5.32 Å². The highest BCUT2D eigenvalue weighted by Crippen LogP contribution is 2.29. The van der Waals surface area contributed by atoms with Crippen molar-refractivity contribution in [1.29, 1.82) is 0 Å². The third-order valence-electron chi connectivity index (χ3n) is 5.10. The van der Waals surface area contributed by atoms with Crippen LogP contribution >= 0.6 is 0 Å². The number of carbonyl (C=O) groups excluding carboxylic acids is 4. The zero-order chi connectivity index (χ0) is 22.1. The average molecular weight is 413 g/mol. The third-order valence-corrected chi connectivity index (χ3v) is 5.10. The lowest BCUT2D eigenvalue weighted by molar-refractivity contribution is -0.123. The Morgan fingerprint density at radius 1 is 0.806 bits per heavy atom. The number of fused-ring (bicyclic) bond motifs is 2. The second kappa shape index (κ2) is 7.99. The van der Waals surface area contributed by atoms with Crippen molar-refractivity contribution in [2.75, 3.05) is 5.32 Å². The third kappa shape index (κ3) is 3.88. The molecule has 1 amide bonds. The van der Waals surface area contributed by atoms with Crippen molar-refractivity contribution in [2.24, 2.45) is 0 Å². The van der Waals surface area contributed by atoms with Crippen LogP contribution in [0.3, 0.4) is 0 Å². The molecule has 0 unspecified atom stereocenters. The number of nitrogens with one attached hydrogen (secondary N) is 1. The highest BCUT2D eigenvalue weighted by molar-refractivity contribution is 6.28. The molecule has 1 N–H and O–H groups in total. The highest BCUT2D eigenvalue weighted by Gasteiger charge is 2.29. The van der Waals surface area contributed by atoms with Crippen molar-refractivity contribution >= 4 is 29.1 Å². The number of hydrogen-bond acceptors (Lipinski definition) is 5. The Balaban J connectivity index is 1.50. The molecule has 0 radical (unpaired) electrons. The van der Waals surface area contributed by atoms with E-state index in [-0.39, 0.29) is 17.1 Å². The quantitative estimate of drug-likeness (QED) is 0.512. The molecule has 1 aliphatic rings. The van der Waals surface area contributed by atoms with E-state index < -0.39 is 18.0 Å². The average Bonchev–Trinajstić information content (AvgIpc) is 2.77. The van der Waals surface area contributed by atoms with Crippen LogP contribution in [0.25, 0.3) is 0 Å². The summed E-state index contributed by atoms with van der Waals surface area (Å²) < 4.78 is 5.25. The van der Waals surface area contributed by atoms with Gasteiger partial charge in [0.05, 0.1) is 5.56 Å². The van der Waals surface area contributed by atoms with E-state index >= 15 is 0 Å². The van der Waals surface area contributed by atoms with Crippen molar-refractivity contribution in [3.8, 4) is 0 Å². The van der Waals surface area contributed by atoms with Crippen molar-refractivity contribution in [3.05, 3.63) is 100 Å². The number of benzene rings is 3. The van der Waals surface area contributed by atoms with Crippen LogP contribution in [0.5, 0.6) is 0 Å². The van der Waals surface area contributed by atoms with Crippen LogP contribution < -0.4 is 5.32 Å². The van der Waals surface area contributed by atoms with Crippen LogP contribution in [-0.4, -0.2) is 29.5 Å². The van der Waals surface area contributed by atoms with Crippen LogP contribution in [0.2, 0.25) is 0 Å². The minimum atomic E-state index is -1.05. The summed E-state index contributed by atoms with van der Waals surface area (Å²) in [6, 6.07) is 18.1. The molecule has 0 bridgehead atoms. The number of ether oxygens (including phenoxy) is 1. The summed E-state index contributed by atoms with van der Waals surface area (Å²) in [7, 11) is 0. The molecule has 3 aromatic rings. The first kappa shape index (κ1) is 20.2. The maximum Gasteiger partial charge on any atom is 0.338 e. The number of hydrogen-bond donors (Lipinski definition) is 1. The van der Waals surface area contributed by atoms with E-state index in [4.69, 9.17) is 4.74 Å². The van der Waals surface area contributed by atoms with Gasteiger partial charge in [0.2, 0.25) is 0 Å². The lowest BCUT2D eigenvalue weighted by Gasteiger charge is -2.19. The molecule has 0 heterocycles. The Morgan fingerprint density at radius 2 is 1.45 bits per heavy atom. The second-order valence-electron chi connectivity index (χ2n) is 7.37. The summed E-state index contributed by atoms with van der Waals surface area (Å²) in [5.41, 5.74) is 2.82. The van der Waals surface area contributed by atoms with Gasteiger partial charge in [-0.3, -0.25) is 14.4 Å². The fraction of sp³-hybridized carbons (Fsp3) is 0.120. The molecule has 6 heteroatoms. The first-order valence-corrected chi connectivity index (χ1v) is 9.76. The van der Waals surface area contributed by atoms with Gasteiger partial charge in [-0.15, -0.1) is 0 Å². The van der Waals surface area contributed by atoms with Crippen LogP contribution in [0, 0.1) is 6.92 Å². The van der Waals surface area contributed by atoms with Gasteiger partial charge in [0.25, 0.3) is 5.91 Å². The van der Waals surface area contributed by atoms with Crippen LogP contribution in [-0.2, 0) is 9.53 Å². The van der Waals surface area contributed by atoms with Crippen molar-refractivity contribution in [1.82, 2.24) is 0 Å². The van der Waals surface area contributed by atoms with Crippen LogP contribution in [0.4, 0.5) is 5.69 Å². The number of anilines is 1. The summed E-state index contributed by atoms with van der Waals surface area (Å²) in [5, 5.41) is 2.64. The topological polar surface area (TPSA) is 89.5 Å². The van der Waals surface area contributed by atoms with Gasteiger partial charge >= 0.3 is 5.97 Å². The van der Waals surface area contributed by atoms with Gasteiger partial charge in [-0.1, -0.05) is 42.0 Å². The largest absolute Gasteiger partial charge is 0.449 e. The molecule has 6 nitrogen and oxygen atoms in total. The van der Waals surface area contributed by atoms with Crippen molar-refractivity contribution in [3.63, 3.8) is 0 Å². The van der Waals surface area contributed by atoms with Gasteiger partial charge in [-0.05, 0) is 44.2 Å². The molecule has 1 atom stereocenters. The number of rotatable bonds is 4. The normalized spacial score (nSPS) is 13.1. The molecule has 1 aliphatic carbocycles. The molecule has 0 aromatic heterocycles. The minimum Gasteiger partial charge on any atom is -0.449 e. The van der Waals surface area contributed by atoms with E-state index in [1.54, 1.807) is 48.5 Å². The van der Waals surface area contributed by atoms with Gasteiger partial charge in [-0.25, -0.2) is 4.79 Å². The summed E-state index contributed by atoms with van der Waals surface area (Å²) in [5.74, 6) is -1.66. The maximum absolute atomic E-state index is 12.8. The Bertz CT molecular complexity index is 1240. The predicted molar refractivity (Wildman–Crippen MR) is 114 cm³/mol. The number of carbonyl (C=O) groups is 4. The number of amides is 1. The molecular formula is C25H19NO5. The minimum absolute atomic E-state index is 0.228. The number of aryl methyl sites for hydroxylation is 1.